The van der Waals surface area contributed by atoms with E-state index in [9.17, 15) is 8.42 Å². The molecule has 0 N–H and O–H groups in total. The molecule has 5 nitrogen and oxygen atoms in total. The van der Waals surface area contributed by atoms with Crippen LogP contribution in [0.25, 0.3) is 0 Å². The Bertz CT molecular complexity index is 744. The molecule has 0 saturated carbocycles. The molecule has 1 aliphatic rings. The summed E-state index contributed by atoms with van der Waals surface area (Å²) in [5, 5.41) is 9.21. The molecule has 2 heterocycles. The molecule has 1 atom stereocenters. The van der Waals surface area contributed by atoms with Crippen molar-refractivity contribution in [2.45, 2.75) is 23.8 Å². The molecule has 1 fully saturated rings. The zero-order valence-electron chi connectivity index (χ0n) is 11.7. The summed E-state index contributed by atoms with van der Waals surface area (Å²) in [6, 6.07) is 7.60. The van der Waals surface area contributed by atoms with E-state index < -0.39 is 9.84 Å². The maximum Gasteiger partial charge on any atom is 0.276 e. The molecule has 0 bridgehead atoms. The van der Waals surface area contributed by atoms with Gasteiger partial charge in [0.25, 0.3) is 5.22 Å². The van der Waals surface area contributed by atoms with Crippen LogP contribution < -0.4 is 0 Å². The quantitative estimate of drug-likeness (QED) is 0.765. The minimum absolute atomic E-state index is 0.0968. The summed E-state index contributed by atoms with van der Waals surface area (Å²) in [7, 11) is -2.86. The third-order valence-electron chi connectivity index (χ3n) is 3.51. The Morgan fingerprint density at radius 2 is 2.05 bits per heavy atom. The maximum atomic E-state index is 11.4. The molecule has 0 unspecified atom stereocenters. The Balaban J connectivity index is 1.54. The van der Waals surface area contributed by atoms with Gasteiger partial charge in [0.15, 0.2) is 9.84 Å². The van der Waals surface area contributed by atoms with E-state index in [0.717, 1.165) is 11.3 Å². The SMILES string of the molecule is O=S1(=O)CC[C@H](Cc2nnc(SCc3ccc(Cl)cc3)o2)C1. The zero-order valence-corrected chi connectivity index (χ0v) is 14.1. The predicted octanol–water partition coefficient (Wildman–Crippen LogP) is 2.99. The van der Waals surface area contributed by atoms with Crippen molar-refractivity contribution < 1.29 is 12.8 Å². The van der Waals surface area contributed by atoms with Crippen LogP contribution in [-0.2, 0) is 22.0 Å². The van der Waals surface area contributed by atoms with Crippen LogP contribution in [0, 0.1) is 5.92 Å². The summed E-state index contributed by atoms with van der Waals surface area (Å²) in [6.07, 6.45) is 1.21. The number of aromatic nitrogens is 2. The molecule has 1 aromatic heterocycles. The first-order valence-electron chi connectivity index (χ1n) is 6.90. The minimum Gasteiger partial charge on any atom is -0.416 e. The molecule has 8 heteroatoms. The fourth-order valence-corrected chi connectivity index (χ4v) is 5.11. The second kappa shape index (κ2) is 6.60. The van der Waals surface area contributed by atoms with Crippen LogP contribution in [0.3, 0.4) is 0 Å². The standard InChI is InChI=1S/C14H15ClN2O3S2/c15-12-3-1-10(2-4-12)8-21-14-17-16-13(20-14)7-11-5-6-22(18,19)9-11/h1-4,11H,5-9H2/t11-/m1/s1. The highest BCUT2D eigenvalue weighted by molar-refractivity contribution is 7.98. The first-order valence-corrected chi connectivity index (χ1v) is 10.1. The summed E-state index contributed by atoms with van der Waals surface area (Å²) >= 11 is 7.30. The van der Waals surface area contributed by atoms with Crippen LogP contribution in [0.5, 0.6) is 0 Å². The molecule has 1 saturated heterocycles. The largest absolute Gasteiger partial charge is 0.416 e. The molecular formula is C14H15ClN2O3S2. The van der Waals surface area contributed by atoms with Crippen molar-refractivity contribution in [1.82, 2.24) is 10.2 Å². The first-order chi connectivity index (χ1) is 10.5. The number of sulfone groups is 1. The average Bonchev–Trinajstić information content (AvgIpc) is 3.05. The van der Waals surface area contributed by atoms with Crippen molar-refractivity contribution in [3.8, 4) is 0 Å². The van der Waals surface area contributed by atoms with E-state index in [-0.39, 0.29) is 17.4 Å². The summed E-state index contributed by atoms with van der Waals surface area (Å²) < 4.78 is 28.5. The van der Waals surface area contributed by atoms with Gasteiger partial charge in [-0.15, -0.1) is 10.2 Å². The van der Waals surface area contributed by atoms with Crippen molar-refractivity contribution in [2.75, 3.05) is 11.5 Å². The van der Waals surface area contributed by atoms with Crippen LogP contribution >= 0.6 is 23.4 Å². The molecule has 1 aliphatic heterocycles. The molecular weight excluding hydrogens is 344 g/mol. The van der Waals surface area contributed by atoms with Gasteiger partial charge in [0.1, 0.15) is 0 Å². The highest BCUT2D eigenvalue weighted by Gasteiger charge is 2.29. The molecule has 3 rings (SSSR count). The zero-order chi connectivity index (χ0) is 15.6. The van der Waals surface area contributed by atoms with Gasteiger partial charge in [0.2, 0.25) is 5.89 Å². The number of hydrogen-bond donors (Lipinski definition) is 0. The van der Waals surface area contributed by atoms with Gasteiger partial charge in [0.05, 0.1) is 11.5 Å². The normalized spacial score (nSPS) is 20.3. The van der Waals surface area contributed by atoms with Gasteiger partial charge in [0, 0.05) is 17.2 Å². The highest BCUT2D eigenvalue weighted by Crippen LogP contribution is 2.25. The number of thioether (sulfide) groups is 1. The van der Waals surface area contributed by atoms with E-state index in [1.165, 1.54) is 11.8 Å². The second-order valence-electron chi connectivity index (χ2n) is 5.35. The van der Waals surface area contributed by atoms with Crippen molar-refractivity contribution in [3.63, 3.8) is 0 Å². The Hall–Kier alpha value is -1.05. The van der Waals surface area contributed by atoms with E-state index in [0.29, 0.717) is 29.0 Å². The van der Waals surface area contributed by atoms with Crippen molar-refractivity contribution >= 4 is 33.2 Å². The lowest BCUT2D eigenvalue weighted by molar-refractivity contribution is 0.389. The van der Waals surface area contributed by atoms with E-state index in [1.807, 2.05) is 24.3 Å². The molecule has 118 valence electrons. The third-order valence-corrected chi connectivity index (χ3v) is 6.49. The summed E-state index contributed by atoms with van der Waals surface area (Å²) in [5.41, 5.74) is 1.12. The van der Waals surface area contributed by atoms with Crippen LogP contribution in [-0.4, -0.2) is 30.1 Å². The van der Waals surface area contributed by atoms with Crippen LogP contribution in [0.4, 0.5) is 0 Å². The number of benzene rings is 1. The van der Waals surface area contributed by atoms with Gasteiger partial charge >= 0.3 is 0 Å². The van der Waals surface area contributed by atoms with Gasteiger partial charge in [-0.05, 0) is 30.0 Å². The lowest BCUT2D eigenvalue weighted by Crippen LogP contribution is -2.07. The summed E-state index contributed by atoms with van der Waals surface area (Å²) in [4.78, 5) is 0. The van der Waals surface area contributed by atoms with Gasteiger partial charge in [-0.3, -0.25) is 0 Å². The number of halogens is 1. The third kappa shape index (κ3) is 4.24. The molecule has 0 aliphatic carbocycles. The predicted molar refractivity (Wildman–Crippen MR) is 85.8 cm³/mol. The smallest absolute Gasteiger partial charge is 0.276 e. The monoisotopic (exact) mass is 358 g/mol. The van der Waals surface area contributed by atoms with Crippen LogP contribution in [0.15, 0.2) is 33.9 Å². The number of rotatable bonds is 5. The Morgan fingerprint density at radius 1 is 1.27 bits per heavy atom. The number of hydrogen-bond acceptors (Lipinski definition) is 6. The van der Waals surface area contributed by atoms with E-state index in [4.69, 9.17) is 16.0 Å². The van der Waals surface area contributed by atoms with E-state index in [1.54, 1.807) is 0 Å². The Morgan fingerprint density at radius 3 is 2.73 bits per heavy atom. The molecule has 0 amide bonds. The second-order valence-corrected chi connectivity index (χ2v) is 8.94. The van der Waals surface area contributed by atoms with Gasteiger partial charge in [-0.1, -0.05) is 35.5 Å². The average molecular weight is 359 g/mol. The molecule has 0 radical (unpaired) electrons. The molecule has 1 aromatic carbocycles. The molecule has 22 heavy (non-hydrogen) atoms. The van der Waals surface area contributed by atoms with E-state index >= 15 is 0 Å². The van der Waals surface area contributed by atoms with Gasteiger partial charge in [-0.2, -0.15) is 0 Å². The molecule has 0 spiro atoms. The Kier molecular flexibility index (Phi) is 4.75. The first kappa shape index (κ1) is 15.8. The lowest BCUT2D eigenvalue weighted by atomic mass is 10.1. The fourth-order valence-electron chi connectivity index (χ4n) is 2.38. The Labute approximate surface area is 138 Å². The minimum atomic E-state index is -2.86. The van der Waals surface area contributed by atoms with Crippen LogP contribution in [0.2, 0.25) is 5.02 Å². The van der Waals surface area contributed by atoms with Crippen molar-refractivity contribution in [1.29, 1.82) is 0 Å². The van der Waals surface area contributed by atoms with Crippen LogP contribution in [0.1, 0.15) is 17.9 Å². The number of nitrogens with zero attached hydrogens (tertiary/aromatic N) is 2. The topological polar surface area (TPSA) is 73.1 Å². The lowest BCUT2D eigenvalue weighted by Gasteiger charge is -2.02. The summed E-state index contributed by atoms with van der Waals surface area (Å²) in [5.74, 6) is 1.82. The maximum absolute atomic E-state index is 11.4. The van der Waals surface area contributed by atoms with Crippen molar-refractivity contribution in [2.24, 2.45) is 5.92 Å². The summed E-state index contributed by atoms with van der Waals surface area (Å²) in [6.45, 7) is 0. The van der Waals surface area contributed by atoms with E-state index in [2.05, 4.69) is 10.2 Å². The fraction of sp³-hybridized carbons (Fsp3) is 0.429. The molecule has 2 aromatic rings. The van der Waals surface area contributed by atoms with Gasteiger partial charge in [-0.25, -0.2) is 8.42 Å². The highest BCUT2D eigenvalue weighted by atomic mass is 35.5. The van der Waals surface area contributed by atoms with Crippen molar-refractivity contribution in [3.05, 3.63) is 40.7 Å². The van der Waals surface area contributed by atoms with Gasteiger partial charge < -0.3 is 4.42 Å².